The summed E-state index contributed by atoms with van der Waals surface area (Å²) < 4.78 is 1.85. The molecule has 0 unspecified atom stereocenters. The van der Waals surface area contributed by atoms with Crippen molar-refractivity contribution in [3.8, 4) is 16.9 Å². The number of nitrogens with zero attached hydrogens (tertiary/aromatic N) is 3. The van der Waals surface area contributed by atoms with Crippen LogP contribution in [0.2, 0.25) is 0 Å². The average molecular weight is 375 g/mol. The fourth-order valence-electron chi connectivity index (χ4n) is 3.10. The van der Waals surface area contributed by atoms with Crippen molar-refractivity contribution in [3.05, 3.63) is 72.4 Å². The van der Waals surface area contributed by atoms with Crippen molar-refractivity contribution in [1.82, 2.24) is 14.7 Å². The van der Waals surface area contributed by atoms with Crippen LogP contribution in [0.5, 0.6) is 0 Å². The van der Waals surface area contributed by atoms with Gasteiger partial charge in [0.25, 0.3) is 0 Å². The number of rotatable bonds is 8. The minimum absolute atomic E-state index is 0.0349. The molecule has 5 nitrogen and oxygen atoms in total. The Bertz CT molecular complexity index is 933. The molecule has 3 aromatic rings. The van der Waals surface area contributed by atoms with E-state index >= 15 is 0 Å². The molecule has 0 aliphatic heterocycles. The average Bonchev–Trinajstić information content (AvgIpc) is 3.12. The first-order chi connectivity index (χ1) is 13.5. The Morgan fingerprint density at radius 2 is 1.61 bits per heavy atom. The molecule has 28 heavy (non-hydrogen) atoms. The van der Waals surface area contributed by atoms with E-state index in [1.165, 1.54) is 0 Å². The van der Waals surface area contributed by atoms with Gasteiger partial charge in [-0.25, -0.2) is 4.68 Å². The van der Waals surface area contributed by atoms with Gasteiger partial charge in [-0.2, -0.15) is 5.10 Å². The highest BCUT2D eigenvalue weighted by Gasteiger charge is 2.16. The fourth-order valence-corrected chi connectivity index (χ4v) is 3.10. The molecular formula is C23H25N3O2. The number of hydrogen-bond acceptors (Lipinski definition) is 3. The standard InChI is InChI=1S/C23H25N3O2/c1-18(27)10-9-15-22(28)25(2)16-20-17-26(21-13-7-4-8-14-21)24-23(20)19-11-5-3-6-12-19/h3-8,11-14,17H,9-10,15-16H2,1-2H3. The number of aromatic nitrogens is 2. The molecule has 1 amide bonds. The van der Waals surface area contributed by atoms with Gasteiger partial charge in [-0.15, -0.1) is 0 Å². The van der Waals surface area contributed by atoms with Gasteiger partial charge in [0.2, 0.25) is 5.91 Å². The Morgan fingerprint density at radius 1 is 0.964 bits per heavy atom. The zero-order valence-corrected chi connectivity index (χ0v) is 16.3. The van der Waals surface area contributed by atoms with Gasteiger partial charge in [0.05, 0.1) is 11.4 Å². The Labute approximate surface area is 165 Å². The van der Waals surface area contributed by atoms with Crippen LogP contribution in [0.25, 0.3) is 16.9 Å². The number of ketones is 1. The van der Waals surface area contributed by atoms with Crippen molar-refractivity contribution in [2.75, 3.05) is 7.05 Å². The van der Waals surface area contributed by atoms with Gasteiger partial charge >= 0.3 is 0 Å². The van der Waals surface area contributed by atoms with E-state index in [4.69, 9.17) is 5.10 Å². The maximum atomic E-state index is 12.4. The van der Waals surface area contributed by atoms with E-state index in [0.717, 1.165) is 22.5 Å². The van der Waals surface area contributed by atoms with Crippen LogP contribution in [-0.4, -0.2) is 33.4 Å². The highest BCUT2D eigenvalue weighted by Crippen LogP contribution is 2.24. The van der Waals surface area contributed by atoms with E-state index < -0.39 is 0 Å². The number of para-hydroxylation sites is 1. The maximum absolute atomic E-state index is 12.4. The first-order valence-corrected chi connectivity index (χ1v) is 9.47. The summed E-state index contributed by atoms with van der Waals surface area (Å²) in [6.07, 6.45) is 3.40. The van der Waals surface area contributed by atoms with Crippen LogP contribution in [0.3, 0.4) is 0 Å². The highest BCUT2D eigenvalue weighted by atomic mass is 16.2. The van der Waals surface area contributed by atoms with Gasteiger partial charge in [0.15, 0.2) is 0 Å². The van der Waals surface area contributed by atoms with Crippen LogP contribution in [0, 0.1) is 0 Å². The molecule has 0 aliphatic carbocycles. The Hall–Kier alpha value is -3.21. The van der Waals surface area contributed by atoms with Crippen molar-refractivity contribution in [2.45, 2.75) is 32.7 Å². The molecule has 0 saturated carbocycles. The molecular weight excluding hydrogens is 350 g/mol. The number of carbonyl (C=O) groups excluding carboxylic acids is 2. The van der Waals surface area contributed by atoms with Crippen LogP contribution in [0.4, 0.5) is 0 Å². The smallest absolute Gasteiger partial charge is 0.222 e. The monoisotopic (exact) mass is 375 g/mol. The van der Waals surface area contributed by atoms with Gasteiger partial charge in [0.1, 0.15) is 5.78 Å². The maximum Gasteiger partial charge on any atom is 0.222 e. The zero-order chi connectivity index (χ0) is 19.9. The summed E-state index contributed by atoms with van der Waals surface area (Å²) in [7, 11) is 1.80. The van der Waals surface area contributed by atoms with Crippen molar-refractivity contribution in [1.29, 1.82) is 0 Å². The van der Waals surface area contributed by atoms with E-state index in [1.807, 2.05) is 71.5 Å². The lowest BCUT2D eigenvalue weighted by atomic mass is 10.1. The van der Waals surface area contributed by atoms with Crippen LogP contribution in [0.15, 0.2) is 66.9 Å². The summed E-state index contributed by atoms with van der Waals surface area (Å²) in [6.45, 7) is 2.02. The summed E-state index contributed by atoms with van der Waals surface area (Å²) in [5.74, 6) is 0.152. The molecule has 2 aromatic carbocycles. The molecule has 0 spiro atoms. The van der Waals surface area contributed by atoms with Gasteiger partial charge in [-0.1, -0.05) is 48.5 Å². The van der Waals surface area contributed by atoms with Crippen LogP contribution in [0.1, 0.15) is 31.7 Å². The third-order valence-electron chi connectivity index (χ3n) is 4.61. The number of amides is 1. The van der Waals surface area contributed by atoms with Gasteiger partial charge in [0, 0.05) is 43.8 Å². The Morgan fingerprint density at radius 3 is 2.25 bits per heavy atom. The highest BCUT2D eigenvalue weighted by molar-refractivity contribution is 5.78. The second-order valence-electron chi connectivity index (χ2n) is 6.95. The fraction of sp³-hybridized carbons (Fsp3) is 0.261. The first-order valence-electron chi connectivity index (χ1n) is 9.47. The van der Waals surface area contributed by atoms with E-state index in [2.05, 4.69) is 0 Å². The molecule has 1 heterocycles. The predicted octanol–water partition coefficient (Wildman–Crippen LogP) is 4.26. The van der Waals surface area contributed by atoms with E-state index in [0.29, 0.717) is 25.8 Å². The van der Waals surface area contributed by atoms with Gasteiger partial charge < -0.3 is 9.69 Å². The number of carbonyl (C=O) groups is 2. The van der Waals surface area contributed by atoms with E-state index in [9.17, 15) is 9.59 Å². The largest absolute Gasteiger partial charge is 0.341 e. The van der Waals surface area contributed by atoms with Crippen molar-refractivity contribution >= 4 is 11.7 Å². The summed E-state index contributed by atoms with van der Waals surface area (Å²) in [5.41, 5.74) is 3.84. The summed E-state index contributed by atoms with van der Waals surface area (Å²) in [5, 5.41) is 4.78. The van der Waals surface area contributed by atoms with Crippen molar-refractivity contribution in [3.63, 3.8) is 0 Å². The number of hydrogen-bond donors (Lipinski definition) is 0. The molecule has 5 heteroatoms. The SMILES string of the molecule is CC(=O)CCCC(=O)N(C)Cc1cn(-c2ccccc2)nc1-c1ccccc1. The lowest BCUT2D eigenvalue weighted by molar-refractivity contribution is -0.130. The Kier molecular flexibility index (Phi) is 6.37. The molecule has 0 saturated heterocycles. The van der Waals surface area contributed by atoms with Crippen LogP contribution < -0.4 is 0 Å². The van der Waals surface area contributed by atoms with Crippen LogP contribution >= 0.6 is 0 Å². The normalized spacial score (nSPS) is 10.6. The van der Waals surface area contributed by atoms with E-state index in [1.54, 1.807) is 18.9 Å². The molecule has 0 radical (unpaired) electrons. The van der Waals surface area contributed by atoms with Crippen molar-refractivity contribution in [2.24, 2.45) is 0 Å². The summed E-state index contributed by atoms with van der Waals surface area (Å²) >= 11 is 0. The summed E-state index contributed by atoms with van der Waals surface area (Å²) in [4.78, 5) is 25.2. The van der Waals surface area contributed by atoms with Crippen molar-refractivity contribution < 1.29 is 9.59 Å². The van der Waals surface area contributed by atoms with Gasteiger partial charge in [-0.3, -0.25) is 4.79 Å². The molecule has 0 fully saturated rings. The minimum atomic E-state index is 0.0349. The molecule has 0 bridgehead atoms. The molecule has 144 valence electrons. The summed E-state index contributed by atoms with van der Waals surface area (Å²) in [6, 6.07) is 19.9. The third-order valence-corrected chi connectivity index (χ3v) is 4.61. The second kappa shape index (κ2) is 9.13. The molecule has 0 atom stereocenters. The zero-order valence-electron chi connectivity index (χ0n) is 16.3. The Balaban J connectivity index is 1.83. The lowest BCUT2D eigenvalue weighted by Crippen LogP contribution is -2.26. The second-order valence-corrected chi connectivity index (χ2v) is 6.95. The van der Waals surface area contributed by atoms with Gasteiger partial charge in [-0.05, 0) is 25.5 Å². The predicted molar refractivity (Wildman–Crippen MR) is 110 cm³/mol. The topological polar surface area (TPSA) is 55.2 Å². The number of benzene rings is 2. The molecule has 0 N–H and O–H groups in total. The minimum Gasteiger partial charge on any atom is -0.341 e. The lowest BCUT2D eigenvalue weighted by Gasteiger charge is -2.17. The third kappa shape index (κ3) is 4.94. The van der Waals surface area contributed by atoms with Crippen LogP contribution in [-0.2, 0) is 16.1 Å². The number of Topliss-reactive ketones (excluding diaryl/α,β-unsaturated/α-hetero) is 1. The molecule has 1 aromatic heterocycles. The first kappa shape index (κ1) is 19.5. The van der Waals surface area contributed by atoms with E-state index in [-0.39, 0.29) is 11.7 Å². The molecule has 0 aliphatic rings. The quantitative estimate of drug-likeness (QED) is 0.591. The molecule has 3 rings (SSSR count).